The molecule has 3 aromatic rings. The molecule has 0 N–H and O–H groups in total. The highest BCUT2D eigenvalue weighted by atomic mass is 16.6. The van der Waals surface area contributed by atoms with E-state index in [1.807, 2.05) is 24.3 Å². The number of nitro benzene ring substituents is 1. The summed E-state index contributed by atoms with van der Waals surface area (Å²) in [7, 11) is 1.60. The van der Waals surface area contributed by atoms with Gasteiger partial charge in [0.15, 0.2) is 0 Å². The summed E-state index contributed by atoms with van der Waals surface area (Å²) in [6.07, 6.45) is 2.52. The number of benzene rings is 2. The van der Waals surface area contributed by atoms with Crippen LogP contribution in [0.3, 0.4) is 0 Å². The lowest BCUT2D eigenvalue weighted by molar-refractivity contribution is -0.384. The van der Waals surface area contributed by atoms with Gasteiger partial charge in [0.25, 0.3) is 11.6 Å². The number of amides is 1. The Kier molecular flexibility index (Phi) is 5.42. The van der Waals surface area contributed by atoms with Crippen LogP contribution in [0.5, 0.6) is 5.75 Å². The number of carbonyl (C=O) groups is 1. The molecule has 1 unspecified atom stereocenters. The fourth-order valence-corrected chi connectivity index (χ4v) is 3.55. The molecular weight excluding hydrogens is 388 g/mol. The Labute approximate surface area is 172 Å². The topological polar surface area (TPSA) is 112 Å². The van der Waals surface area contributed by atoms with Crippen LogP contribution in [0, 0.1) is 10.1 Å². The number of likely N-dealkylation sites (tertiary alicyclic amines) is 1. The van der Waals surface area contributed by atoms with Gasteiger partial charge in [-0.1, -0.05) is 5.16 Å². The Morgan fingerprint density at radius 2 is 1.90 bits per heavy atom. The molecule has 0 bridgehead atoms. The van der Waals surface area contributed by atoms with Crippen LogP contribution in [0.1, 0.15) is 41.6 Å². The number of hydrogen-bond donors (Lipinski definition) is 0. The Balaban J connectivity index is 1.57. The van der Waals surface area contributed by atoms with Crippen molar-refractivity contribution >= 4 is 11.6 Å². The summed E-state index contributed by atoms with van der Waals surface area (Å²) in [5, 5.41) is 14.9. The molecule has 0 radical (unpaired) electrons. The Bertz CT molecular complexity index is 1050. The molecule has 9 nitrogen and oxygen atoms in total. The predicted molar refractivity (Wildman–Crippen MR) is 107 cm³/mol. The lowest BCUT2D eigenvalue weighted by Crippen LogP contribution is -2.38. The van der Waals surface area contributed by atoms with Gasteiger partial charge in [0.2, 0.25) is 11.7 Å². The van der Waals surface area contributed by atoms with Crippen LogP contribution in [0.15, 0.2) is 53.1 Å². The molecule has 0 saturated carbocycles. The number of nitro groups is 1. The summed E-state index contributed by atoms with van der Waals surface area (Å²) in [4.78, 5) is 29.7. The monoisotopic (exact) mass is 408 g/mol. The maximum absolute atomic E-state index is 13.1. The molecular formula is C21H20N4O5. The van der Waals surface area contributed by atoms with Crippen molar-refractivity contribution in [2.24, 2.45) is 0 Å². The zero-order valence-corrected chi connectivity index (χ0v) is 16.4. The number of piperidine rings is 1. The number of hydrogen-bond acceptors (Lipinski definition) is 7. The number of methoxy groups -OCH3 is 1. The third kappa shape index (κ3) is 3.86. The molecule has 9 heteroatoms. The van der Waals surface area contributed by atoms with Gasteiger partial charge >= 0.3 is 0 Å². The zero-order chi connectivity index (χ0) is 21.1. The number of carbonyl (C=O) groups excluding carboxylic acids is 1. The number of aromatic nitrogens is 2. The molecule has 1 amide bonds. The van der Waals surface area contributed by atoms with E-state index in [2.05, 4.69) is 10.1 Å². The molecule has 154 valence electrons. The van der Waals surface area contributed by atoms with Crippen molar-refractivity contribution < 1.29 is 19.0 Å². The Morgan fingerprint density at radius 3 is 2.57 bits per heavy atom. The standard InChI is InChI=1S/C21H20N4O5/c1-29-17-11-7-14(8-12-17)19-22-20(30-23-19)18-4-2-3-13-24(18)21(26)15-5-9-16(10-6-15)25(27)28/h5-12,18H,2-4,13H2,1H3. The highest BCUT2D eigenvalue weighted by molar-refractivity contribution is 5.94. The summed E-state index contributed by atoms with van der Waals surface area (Å²) in [6.45, 7) is 0.556. The highest BCUT2D eigenvalue weighted by Crippen LogP contribution is 2.32. The summed E-state index contributed by atoms with van der Waals surface area (Å²) < 4.78 is 10.7. The molecule has 1 aromatic heterocycles. The maximum atomic E-state index is 13.1. The minimum Gasteiger partial charge on any atom is -0.497 e. The first kappa shape index (κ1) is 19.6. The van der Waals surface area contributed by atoms with Crippen molar-refractivity contribution in [3.05, 3.63) is 70.1 Å². The molecule has 2 heterocycles. The third-order valence-corrected chi connectivity index (χ3v) is 5.16. The van der Waals surface area contributed by atoms with E-state index in [0.717, 1.165) is 24.2 Å². The van der Waals surface area contributed by atoms with E-state index in [-0.39, 0.29) is 17.6 Å². The van der Waals surface area contributed by atoms with E-state index >= 15 is 0 Å². The summed E-state index contributed by atoms with van der Waals surface area (Å²) in [6, 6.07) is 12.6. The average molecular weight is 408 g/mol. The van der Waals surface area contributed by atoms with Crippen LogP contribution >= 0.6 is 0 Å². The molecule has 1 saturated heterocycles. The van der Waals surface area contributed by atoms with Gasteiger partial charge in [-0.15, -0.1) is 0 Å². The maximum Gasteiger partial charge on any atom is 0.269 e. The summed E-state index contributed by atoms with van der Waals surface area (Å²) >= 11 is 0. The zero-order valence-electron chi connectivity index (χ0n) is 16.4. The first-order valence-electron chi connectivity index (χ1n) is 9.60. The second kappa shape index (κ2) is 8.32. The number of non-ortho nitro benzene ring substituents is 1. The molecule has 2 aromatic carbocycles. The van der Waals surface area contributed by atoms with Gasteiger partial charge in [-0.05, 0) is 55.7 Å². The van der Waals surface area contributed by atoms with Gasteiger partial charge in [-0.3, -0.25) is 14.9 Å². The number of rotatable bonds is 5. The minimum absolute atomic E-state index is 0.0530. The smallest absolute Gasteiger partial charge is 0.269 e. The van der Waals surface area contributed by atoms with Crippen molar-refractivity contribution in [2.75, 3.05) is 13.7 Å². The number of nitrogens with zero attached hydrogens (tertiary/aromatic N) is 4. The van der Waals surface area contributed by atoms with E-state index in [4.69, 9.17) is 9.26 Å². The predicted octanol–water partition coefficient (Wildman–Crippen LogP) is 4.02. The van der Waals surface area contributed by atoms with Crippen LogP contribution in [-0.2, 0) is 0 Å². The van der Waals surface area contributed by atoms with E-state index in [1.165, 1.54) is 24.3 Å². The fraction of sp³-hybridized carbons (Fsp3) is 0.286. The van der Waals surface area contributed by atoms with Crippen LogP contribution in [0.2, 0.25) is 0 Å². The van der Waals surface area contributed by atoms with Crippen LogP contribution in [0.25, 0.3) is 11.4 Å². The molecule has 1 fully saturated rings. The highest BCUT2D eigenvalue weighted by Gasteiger charge is 2.33. The van der Waals surface area contributed by atoms with Gasteiger partial charge in [0.05, 0.1) is 12.0 Å². The van der Waals surface area contributed by atoms with Gasteiger partial charge in [-0.2, -0.15) is 4.98 Å². The second-order valence-electron chi connectivity index (χ2n) is 7.00. The van der Waals surface area contributed by atoms with E-state index in [9.17, 15) is 14.9 Å². The SMILES string of the molecule is COc1ccc(-c2noc(C3CCCCN3C(=O)c3ccc([N+](=O)[O-])cc3)n2)cc1. The van der Waals surface area contributed by atoms with Gasteiger partial charge in [-0.25, -0.2) is 0 Å². The fourth-order valence-electron chi connectivity index (χ4n) is 3.55. The quantitative estimate of drug-likeness (QED) is 0.463. The van der Waals surface area contributed by atoms with E-state index in [0.29, 0.717) is 30.2 Å². The second-order valence-corrected chi connectivity index (χ2v) is 7.00. The van der Waals surface area contributed by atoms with Crippen molar-refractivity contribution in [2.45, 2.75) is 25.3 Å². The minimum atomic E-state index is -0.489. The molecule has 1 aliphatic heterocycles. The largest absolute Gasteiger partial charge is 0.497 e. The lowest BCUT2D eigenvalue weighted by Gasteiger charge is -2.33. The lowest BCUT2D eigenvalue weighted by atomic mass is 10.0. The van der Waals surface area contributed by atoms with Gasteiger partial charge < -0.3 is 14.2 Å². The van der Waals surface area contributed by atoms with Crippen molar-refractivity contribution in [3.63, 3.8) is 0 Å². The van der Waals surface area contributed by atoms with E-state index in [1.54, 1.807) is 12.0 Å². The first-order valence-corrected chi connectivity index (χ1v) is 9.60. The van der Waals surface area contributed by atoms with Crippen LogP contribution < -0.4 is 4.74 Å². The van der Waals surface area contributed by atoms with Crippen molar-refractivity contribution in [3.8, 4) is 17.1 Å². The molecule has 1 atom stereocenters. The molecule has 30 heavy (non-hydrogen) atoms. The molecule has 1 aliphatic rings. The normalized spacial score (nSPS) is 16.3. The average Bonchev–Trinajstić information content (AvgIpc) is 3.29. The third-order valence-electron chi connectivity index (χ3n) is 5.16. The Hall–Kier alpha value is -3.75. The Morgan fingerprint density at radius 1 is 1.17 bits per heavy atom. The van der Waals surface area contributed by atoms with Gasteiger partial charge in [0, 0.05) is 29.8 Å². The van der Waals surface area contributed by atoms with Crippen molar-refractivity contribution in [1.82, 2.24) is 15.0 Å². The van der Waals surface area contributed by atoms with Crippen molar-refractivity contribution in [1.29, 1.82) is 0 Å². The summed E-state index contributed by atoms with van der Waals surface area (Å²) in [5.41, 5.74) is 1.13. The number of ether oxygens (including phenoxy) is 1. The van der Waals surface area contributed by atoms with E-state index < -0.39 is 4.92 Å². The van der Waals surface area contributed by atoms with Crippen LogP contribution in [-0.4, -0.2) is 39.5 Å². The molecule has 4 rings (SSSR count). The first-order chi connectivity index (χ1) is 14.6. The molecule has 0 aliphatic carbocycles. The van der Waals surface area contributed by atoms with Crippen LogP contribution in [0.4, 0.5) is 5.69 Å². The van der Waals surface area contributed by atoms with Gasteiger partial charge in [0.1, 0.15) is 11.8 Å². The summed E-state index contributed by atoms with van der Waals surface area (Å²) in [5.74, 6) is 1.35. The molecule has 0 spiro atoms.